The first-order valence-electron chi connectivity index (χ1n) is 2.35. The smallest absolute Gasteiger partial charge is 0.433 e. The summed E-state index contributed by atoms with van der Waals surface area (Å²) in [6.07, 6.45) is 1.70. The Morgan fingerprint density at radius 3 is 2.67 bits per heavy atom. The number of hydrogen-bond donors (Lipinski definition) is 1. The Morgan fingerprint density at radius 1 is 1.78 bits per heavy atom. The molecule has 0 aromatic rings. The number of hydrogen-bond acceptors (Lipinski definition) is 3. The highest BCUT2D eigenvalue weighted by Crippen LogP contribution is 2.12. The molecule has 0 radical (unpaired) electrons. The van der Waals surface area contributed by atoms with Gasteiger partial charge in [-0.15, -0.1) is 5.11 Å². The quantitative estimate of drug-likeness (QED) is 0.494. The van der Waals surface area contributed by atoms with Crippen LogP contribution in [0.2, 0.25) is 0 Å². The standard InChI is InChI=1S/C4H5N3O2/c1-7(4(8)9)3-2-5-6-7/h2-3H,1H3/p+1. The lowest BCUT2D eigenvalue weighted by Crippen LogP contribution is -2.35. The van der Waals surface area contributed by atoms with E-state index >= 15 is 0 Å². The van der Waals surface area contributed by atoms with Crippen LogP contribution in [0.5, 0.6) is 0 Å². The molecule has 1 N–H and O–H groups in total. The molecule has 5 heteroatoms. The second-order valence-corrected chi connectivity index (χ2v) is 1.81. The van der Waals surface area contributed by atoms with Gasteiger partial charge in [0.25, 0.3) is 0 Å². The topological polar surface area (TPSA) is 62.0 Å². The average Bonchev–Trinajstić information content (AvgIpc) is 2.16. The van der Waals surface area contributed by atoms with Gasteiger partial charge >= 0.3 is 6.09 Å². The van der Waals surface area contributed by atoms with E-state index in [1.807, 2.05) is 0 Å². The van der Waals surface area contributed by atoms with Crippen molar-refractivity contribution in [2.45, 2.75) is 0 Å². The van der Waals surface area contributed by atoms with E-state index in [1.165, 1.54) is 19.4 Å². The predicted molar refractivity (Wildman–Crippen MR) is 28.2 cm³/mol. The maximum atomic E-state index is 10.3. The summed E-state index contributed by atoms with van der Waals surface area (Å²) in [6.45, 7) is 0. The molecule has 0 aromatic heterocycles. The largest absolute Gasteiger partial charge is 0.547 e. The summed E-state index contributed by atoms with van der Waals surface area (Å²) in [7, 11) is 1.43. The Bertz CT molecular complexity index is 184. The molecule has 0 saturated heterocycles. The molecule has 0 saturated carbocycles. The second kappa shape index (κ2) is 1.63. The molecule has 0 fully saturated rings. The summed E-state index contributed by atoms with van der Waals surface area (Å²) in [5.74, 6) is 0. The SMILES string of the molecule is C[N+]1(C(=O)O)C=CN=N1. The number of rotatable bonds is 0. The first kappa shape index (κ1) is 5.90. The number of carboxylic acid groups (broad SMARTS) is 1. The molecule has 1 atom stereocenters. The summed E-state index contributed by atoms with van der Waals surface area (Å²) in [5.41, 5.74) is 0. The van der Waals surface area contributed by atoms with E-state index in [2.05, 4.69) is 10.3 Å². The van der Waals surface area contributed by atoms with Gasteiger partial charge in [0.15, 0.2) is 6.20 Å². The Hall–Kier alpha value is -1.23. The van der Waals surface area contributed by atoms with Crippen LogP contribution in [0, 0.1) is 0 Å². The summed E-state index contributed by atoms with van der Waals surface area (Å²) >= 11 is 0. The van der Waals surface area contributed by atoms with Gasteiger partial charge in [0.1, 0.15) is 13.2 Å². The highest BCUT2D eigenvalue weighted by Gasteiger charge is 2.32. The predicted octanol–water partition coefficient (Wildman–Crippen LogP) is 0.963. The third kappa shape index (κ3) is 0.812. The van der Waals surface area contributed by atoms with Gasteiger partial charge < -0.3 is 5.11 Å². The highest BCUT2D eigenvalue weighted by atomic mass is 16.4. The Kier molecular flexibility index (Phi) is 1.07. The maximum Gasteiger partial charge on any atom is 0.547 e. The molecule has 1 heterocycles. The zero-order valence-electron chi connectivity index (χ0n) is 4.85. The molecule has 0 bridgehead atoms. The van der Waals surface area contributed by atoms with Gasteiger partial charge in [0.05, 0.1) is 0 Å². The van der Waals surface area contributed by atoms with Crippen molar-refractivity contribution in [3.8, 4) is 0 Å². The normalized spacial score (nSPS) is 31.2. The summed E-state index contributed by atoms with van der Waals surface area (Å²) in [6, 6.07) is 0. The Balaban J connectivity index is 2.88. The first-order valence-corrected chi connectivity index (χ1v) is 2.35. The molecule has 1 aliphatic heterocycles. The third-order valence-electron chi connectivity index (χ3n) is 1.05. The average molecular weight is 128 g/mol. The van der Waals surface area contributed by atoms with E-state index in [1.54, 1.807) is 0 Å². The van der Waals surface area contributed by atoms with Crippen molar-refractivity contribution in [1.29, 1.82) is 0 Å². The summed E-state index contributed by atoms with van der Waals surface area (Å²) in [5, 5.41) is 15.3. The fourth-order valence-electron chi connectivity index (χ4n) is 0.429. The van der Waals surface area contributed by atoms with Crippen molar-refractivity contribution in [3.05, 3.63) is 12.4 Å². The monoisotopic (exact) mass is 128 g/mol. The van der Waals surface area contributed by atoms with Gasteiger partial charge in [-0.3, -0.25) is 0 Å². The van der Waals surface area contributed by atoms with Gasteiger partial charge in [-0.25, -0.2) is 0 Å². The number of amides is 1. The molecular weight excluding hydrogens is 122 g/mol. The van der Waals surface area contributed by atoms with Crippen LogP contribution in [0.1, 0.15) is 0 Å². The van der Waals surface area contributed by atoms with Crippen molar-refractivity contribution in [2.24, 2.45) is 10.3 Å². The van der Waals surface area contributed by atoms with Crippen LogP contribution in [0.3, 0.4) is 0 Å². The second-order valence-electron chi connectivity index (χ2n) is 1.81. The molecule has 5 nitrogen and oxygen atoms in total. The van der Waals surface area contributed by atoms with Crippen LogP contribution in [0.15, 0.2) is 22.7 Å². The zero-order chi connectivity index (χ0) is 6.91. The molecule has 48 valence electrons. The van der Waals surface area contributed by atoms with Gasteiger partial charge in [0.2, 0.25) is 0 Å². The van der Waals surface area contributed by atoms with Crippen molar-refractivity contribution in [1.82, 2.24) is 0 Å². The fraction of sp³-hybridized carbons (Fsp3) is 0.250. The van der Waals surface area contributed by atoms with Crippen LogP contribution < -0.4 is 0 Å². The first-order chi connectivity index (χ1) is 4.15. The number of nitrogens with zero attached hydrogens (tertiary/aromatic N) is 3. The van der Waals surface area contributed by atoms with E-state index in [-0.39, 0.29) is 0 Å². The lowest BCUT2D eigenvalue weighted by molar-refractivity contribution is -0.792. The lowest BCUT2D eigenvalue weighted by Gasteiger charge is -2.08. The van der Waals surface area contributed by atoms with Crippen LogP contribution in [0.25, 0.3) is 0 Å². The van der Waals surface area contributed by atoms with Gasteiger partial charge in [-0.2, -0.15) is 4.79 Å². The molecule has 0 aromatic carbocycles. The molecule has 0 aliphatic carbocycles. The minimum absolute atomic E-state index is 0.500. The Labute approximate surface area is 51.5 Å². The van der Waals surface area contributed by atoms with Crippen molar-refractivity contribution in [2.75, 3.05) is 7.05 Å². The van der Waals surface area contributed by atoms with Gasteiger partial charge in [-0.05, 0) is 0 Å². The molecule has 1 aliphatic rings. The highest BCUT2D eigenvalue weighted by molar-refractivity contribution is 5.57. The van der Waals surface area contributed by atoms with Crippen molar-refractivity contribution in [3.63, 3.8) is 0 Å². The molecule has 9 heavy (non-hydrogen) atoms. The molecule has 1 unspecified atom stereocenters. The summed E-state index contributed by atoms with van der Waals surface area (Å²) < 4.78 is -0.500. The van der Waals surface area contributed by atoms with Crippen LogP contribution in [-0.2, 0) is 0 Å². The minimum Gasteiger partial charge on any atom is -0.433 e. The van der Waals surface area contributed by atoms with Crippen molar-refractivity contribution >= 4 is 6.09 Å². The summed E-state index contributed by atoms with van der Waals surface area (Å²) in [4.78, 5) is 10.3. The van der Waals surface area contributed by atoms with E-state index in [0.29, 0.717) is 0 Å². The maximum absolute atomic E-state index is 10.3. The zero-order valence-corrected chi connectivity index (χ0v) is 4.85. The molecule has 1 amide bonds. The lowest BCUT2D eigenvalue weighted by atomic mass is 10.7. The van der Waals surface area contributed by atoms with Crippen LogP contribution >= 0.6 is 0 Å². The van der Waals surface area contributed by atoms with Crippen LogP contribution in [0.4, 0.5) is 4.79 Å². The van der Waals surface area contributed by atoms with E-state index < -0.39 is 10.7 Å². The van der Waals surface area contributed by atoms with E-state index in [4.69, 9.17) is 5.11 Å². The van der Waals surface area contributed by atoms with E-state index in [0.717, 1.165) is 0 Å². The number of carbonyl (C=O) groups is 1. The third-order valence-corrected chi connectivity index (χ3v) is 1.05. The van der Waals surface area contributed by atoms with E-state index in [9.17, 15) is 4.79 Å². The fourth-order valence-corrected chi connectivity index (χ4v) is 0.429. The molecule has 1 rings (SSSR count). The number of quaternary nitrogens is 1. The molecular formula is C4H6N3O2+. The Morgan fingerprint density at radius 2 is 2.44 bits per heavy atom. The van der Waals surface area contributed by atoms with Gasteiger partial charge in [-0.1, -0.05) is 4.59 Å². The van der Waals surface area contributed by atoms with Crippen LogP contribution in [-0.4, -0.2) is 22.8 Å². The molecule has 0 spiro atoms. The van der Waals surface area contributed by atoms with Gasteiger partial charge in [0, 0.05) is 5.22 Å². The minimum atomic E-state index is -1.03. The van der Waals surface area contributed by atoms with Crippen molar-refractivity contribution < 1.29 is 14.5 Å².